The number of halogens is 2. The van der Waals surface area contributed by atoms with Gasteiger partial charge in [-0.25, -0.2) is 4.39 Å². The smallest absolute Gasteiger partial charge is 0.201 e. The average molecular weight is 278 g/mol. The highest BCUT2D eigenvalue weighted by molar-refractivity contribution is 5.52. The summed E-state index contributed by atoms with van der Waals surface area (Å²) in [5.74, 6) is -0.582. The van der Waals surface area contributed by atoms with Gasteiger partial charge in [0.1, 0.15) is 0 Å². The maximum atomic E-state index is 14.0. The SMILES string of the molecule is Fc1c(/C=C/C2CCCC2)ccc(OCC2CC2)c1F. The molecule has 0 unspecified atom stereocenters. The van der Waals surface area contributed by atoms with Crippen LogP contribution in [-0.2, 0) is 0 Å². The Morgan fingerprint density at radius 3 is 2.50 bits per heavy atom. The van der Waals surface area contributed by atoms with Crippen LogP contribution >= 0.6 is 0 Å². The standard InChI is InChI=1S/C17H20F2O/c18-16-14(8-7-12-3-1-2-4-12)9-10-15(17(16)19)20-11-13-5-6-13/h7-10,12-13H,1-6,11H2/b8-7+. The minimum Gasteiger partial charge on any atom is -0.490 e. The molecule has 0 bridgehead atoms. The minimum absolute atomic E-state index is 0.0346. The molecule has 3 rings (SSSR count). The zero-order valence-electron chi connectivity index (χ0n) is 11.6. The Kier molecular flexibility index (Phi) is 4.04. The van der Waals surface area contributed by atoms with Gasteiger partial charge in [-0.05, 0) is 49.7 Å². The fourth-order valence-corrected chi connectivity index (χ4v) is 2.67. The van der Waals surface area contributed by atoms with E-state index >= 15 is 0 Å². The van der Waals surface area contributed by atoms with Gasteiger partial charge in [0.15, 0.2) is 11.6 Å². The first kappa shape index (κ1) is 13.6. The van der Waals surface area contributed by atoms with E-state index in [0.29, 0.717) is 24.0 Å². The lowest BCUT2D eigenvalue weighted by molar-refractivity contribution is 0.280. The summed E-state index contributed by atoms with van der Waals surface area (Å²) >= 11 is 0. The van der Waals surface area contributed by atoms with Crippen LogP contribution in [0.25, 0.3) is 6.08 Å². The van der Waals surface area contributed by atoms with E-state index in [9.17, 15) is 8.78 Å². The van der Waals surface area contributed by atoms with Gasteiger partial charge in [0.2, 0.25) is 5.82 Å². The van der Waals surface area contributed by atoms with Crippen LogP contribution in [0.5, 0.6) is 5.75 Å². The lowest BCUT2D eigenvalue weighted by Crippen LogP contribution is -2.03. The second kappa shape index (κ2) is 5.94. The highest BCUT2D eigenvalue weighted by Crippen LogP contribution is 2.31. The maximum absolute atomic E-state index is 14.0. The first-order chi connectivity index (χ1) is 9.74. The average Bonchev–Trinajstić information content (AvgIpc) is 3.13. The van der Waals surface area contributed by atoms with Crippen molar-refractivity contribution >= 4 is 6.08 Å². The van der Waals surface area contributed by atoms with E-state index in [1.54, 1.807) is 12.1 Å². The molecule has 0 aliphatic heterocycles. The Morgan fingerprint density at radius 1 is 1.05 bits per heavy atom. The summed E-state index contributed by atoms with van der Waals surface area (Å²) in [6, 6.07) is 3.14. The fraction of sp³-hybridized carbons (Fsp3) is 0.529. The third-order valence-electron chi connectivity index (χ3n) is 4.20. The van der Waals surface area contributed by atoms with Gasteiger partial charge in [-0.1, -0.05) is 25.0 Å². The number of hydrogen-bond donors (Lipinski definition) is 0. The van der Waals surface area contributed by atoms with Crippen LogP contribution in [0, 0.1) is 23.5 Å². The van der Waals surface area contributed by atoms with Crippen LogP contribution in [-0.4, -0.2) is 6.61 Å². The van der Waals surface area contributed by atoms with Crippen LogP contribution in [0.4, 0.5) is 8.78 Å². The molecule has 0 radical (unpaired) electrons. The van der Waals surface area contributed by atoms with E-state index in [-0.39, 0.29) is 5.75 Å². The van der Waals surface area contributed by atoms with Gasteiger partial charge in [-0.15, -0.1) is 0 Å². The van der Waals surface area contributed by atoms with Crippen molar-refractivity contribution in [3.8, 4) is 5.75 Å². The van der Waals surface area contributed by atoms with Crippen LogP contribution in [0.1, 0.15) is 44.1 Å². The van der Waals surface area contributed by atoms with Gasteiger partial charge in [0.25, 0.3) is 0 Å². The molecule has 0 N–H and O–H groups in total. The summed E-state index contributed by atoms with van der Waals surface area (Å²) in [6.45, 7) is 0.494. The molecule has 0 amide bonds. The molecule has 20 heavy (non-hydrogen) atoms. The molecule has 2 saturated carbocycles. The topological polar surface area (TPSA) is 9.23 Å². The fourth-order valence-electron chi connectivity index (χ4n) is 2.67. The zero-order valence-corrected chi connectivity index (χ0v) is 11.6. The molecule has 108 valence electrons. The van der Waals surface area contributed by atoms with Gasteiger partial charge in [-0.2, -0.15) is 4.39 Å². The molecule has 1 aromatic carbocycles. The Hall–Kier alpha value is -1.38. The second-order valence-corrected chi connectivity index (χ2v) is 5.94. The first-order valence-electron chi connectivity index (χ1n) is 7.53. The summed E-state index contributed by atoms with van der Waals surface area (Å²) in [7, 11) is 0. The molecule has 0 atom stereocenters. The van der Waals surface area contributed by atoms with E-state index < -0.39 is 11.6 Å². The van der Waals surface area contributed by atoms with E-state index in [4.69, 9.17) is 4.74 Å². The quantitative estimate of drug-likeness (QED) is 0.740. The lowest BCUT2D eigenvalue weighted by Gasteiger charge is -2.08. The van der Waals surface area contributed by atoms with E-state index in [2.05, 4.69) is 0 Å². The highest BCUT2D eigenvalue weighted by Gasteiger charge is 2.23. The largest absolute Gasteiger partial charge is 0.490 e. The molecular weight excluding hydrogens is 258 g/mol. The molecule has 0 heterocycles. The predicted molar refractivity (Wildman–Crippen MR) is 75.6 cm³/mol. The summed E-state index contributed by atoms with van der Waals surface area (Å²) in [5.41, 5.74) is 0.313. The van der Waals surface area contributed by atoms with Gasteiger partial charge < -0.3 is 4.74 Å². The number of hydrogen-bond acceptors (Lipinski definition) is 1. The summed E-state index contributed by atoms with van der Waals surface area (Å²) in [4.78, 5) is 0. The van der Waals surface area contributed by atoms with Crippen LogP contribution in [0.15, 0.2) is 18.2 Å². The predicted octanol–water partition coefficient (Wildman–Crippen LogP) is 4.96. The van der Waals surface area contributed by atoms with Gasteiger partial charge >= 0.3 is 0 Å². The van der Waals surface area contributed by atoms with Crippen molar-refractivity contribution in [3.05, 3.63) is 35.4 Å². The maximum Gasteiger partial charge on any atom is 0.201 e. The first-order valence-corrected chi connectivity index (χ1v) is 7.53. The third kappa shape index (κ3) is 3.20. The monoisotopic (exact) mass is 278 g/mol. The van der Waals surface area contributed by atoms with E-state index in [1.165, 1.54) is 18.9 Å². The van der Waals surface area contributed by atoms with Gasteiger partial charge in [0, 0.05) is 5.56 Å². The highest BCUT2D eigenvalue weighted by atomic mass is 19.2. The summed E-state index contributed by atoms with van der Waals surface area (Å²) in [6.07, 6.45) is 10.8. The van der Waals surface area contributed by atoms with Crippen molar-refractivity contribution in [2.24, 2.45) is 11.8 Å². The second-order valence-electron chi connectivity index (χ2n) is 5.94. The normalized spacial score (nSPS) is 19.9. The van der Waals surface area contributed by atoms with Crippen molar-refractivity contribution in [1.82, 2.24) is 0 Å². The van der Waals surface area contributed by atoms with E-state index in [1.807, 2.05) is 6.08 Å². The van der Waals surface area contributed by atoms with E-state index in [0.717, 1.165) is 25.7 Å². The van der Waals surface area contributed by atoms with Crippen LogP contribution in [0.3, 0.4) is 0 Å². The number of ether oxygens (including phenoxy) is 1. The Morgan fingerprint density at radius 2 is 1.80 bits per heavy atom. The molecule has 0 saturated heterocycles. The Labute approximate surface area is 118 Å². The van der Waals surface area contributed by atoms with Crippen molar-refractivity contribution < 1.29 is 13.5 Å². The Bertz CT molecular complexity index is 500. The molecule has 0 spiro atoms. The van der Waals surface area contributed by atoms with Crippen molar-refractivity contribution in [2.45, 2.75) is 38.5 Å². The van der Waals surface area contributed by atoms with Crippen molar-refractivity contribution in [1.29, 1.82) is 0 Å². The summed E-state index contributed by atoms with van der Waals surface area (Å²) in [5, 5.41) is 0. The van der Waals surface area contributed by atoms with Gasteiger partial charge in [-0.3, -0.25) is 0 Å². The number of benzene rings is 1. The Balaban J connectivity index is 1.69. The number of allylic oxidation sites excluding steroid dienone is 1. The number of rotatable bonds is 5. The summed E-state index contributed by atoms with van der Waals surface area (Å²) < 4.78 is 33.2. The molecular formula is C17H20F2O. The molecule has 2 aliphatic carbocycles. The third-order valence-corrected chi connectivity index (χ3v) is 4.20. The minimum atomic E-state index is -0.862. The molecule has 1 aromatic rings. The molecule has 2 aliphatic rings. The van der Waals surface area contributed by atoms with Crippen molar-refractivity contribution in [3.63, 3.8) is 0 Å². The molecule has 3 heteroatoms. The van der Waals surface area contributed by atoms with Crippen LogP contribution in [0.2, 0.25) is 0 Å². The lowest BCUT2D eigenvalue weighted by atomic mass is 10.1. The molecule has 0 aromatic heterocycles. The molecule has 2 fully saturated rings. The van der Waals surface area contributed by atoms with Gasteiger partial charge in [0.05, 0.1) is 6.61 Å². The zero-order chi connectivity index (χ0) is 13.9. The molecule has 1 nitrogen and oxygen atoms in total. The van der Waals surface area contributed by atoms with Crippen LogP contribution < -0.4 is 4.74 Å². The van der Waals surface area contributed by atoms with Crippen molar-refractivity contribution in [2.75, 3.05) is 6.61 Å².